The molecule has 29 heavy (non-hydrogen) atoms. The Kier molecular flexibility index (Phi) is 7.94. The molecule has 0 bridgehead atoms. The van der Waals surface area contributed by atoms with Crippen LogP contribution in [-0.2, 0) is 14.3 Å². The number of ketones is 1. The zero-order valence-electron chi connectivity index (χ0n) is 17.2. The summed E-state index contributed by atoms with van der Waals surface area (Å²) >= 11 is 0. The molecule has 2 rings (SSSR count). The van der Waals surface area contributed by atoms with Crippen molar-refractivity contribution in [3.63, 3.8) is 0 Å². The molecule has 8 heteroatoms. The lowest BCUT2D eigenvalue weighted by Gasteiger charge is -2.23. The number of benzene rings is 1. The molecule has 1 heterocycles. The molecule has 2 aromatic rings. The van der Waals surface area contributed by atoms with Crippen molar-refractivity contribution in [2.75, 3.05) is 24.6 Å². The maximum atomic E-state index is 11.5. The van der Waals surface area contributed by atoms with Crippen LogP contribution in [0.1, 0.15) is 34.1 Å². The van der Waals surface area contributed by atoms with Crippen LogP contribution in [0.25, 0.3) is 11.3 Å². The minimum atomic E-state index is -0.677. The van der Waals surface area contributed by atoms with E-state index in [0.717, 1.165) is 18.8 Å². The number of nitrogens with one attached hydrogen (secondary N) is 1. The first-order chi connectivity index (χ1) is 13.8. The lowest BCUT2D eigenvalue weighted by molar-refractivity contribution is -0.149. The van der Waals surface area contributed by atoms with Gasteiger partial charge < -0.3 is 14.4 Å². The second-order valence-corrected chi connectivity index (χ2v) is 6.61. The van der Waals surface area contributed by atoms with Crippen LogP contribution >= 0.6 is 0 Å². The molecule has 8 nitrogen and oxygen atoms in total. The minimum Gasteiger partial charge on any atom is -0.489 e. The number of aromatic nitrogens is 2. The molecule has 0 spiro atoms. The standard InChI is InChI=1S/C21H27N3O5/c1-5-24(6-2)16-7-9-20(18(12-16)19-8-10-21(27)23-22-19)28-13-17(11-14(3)25)29-15(4)26/h7-10,12,17H,5-6,11,13H2,1-4H3,(H,23,27). The highest BCUT2D eigenvalue weighted by Crippen LogP contribution is 2.32. The van der Waals surface area contributed by atoms with Gasteiger partial charge in [-0.15, -0.1) is 0 Å². The number of carbonyl (C=O) groups excluding carboxylic acids is 2. The fourth-order valence-electron chi connectivity index (χ4n) is 3.00. The number of hydrogen-bond donors (Lipinski definition) is 1. The molecule has 0 aliphatic heterocycles. The number of rotatable bonds is 10. The largest absolute Gasteiger partial charge is 0.489 e. The van der Waals surface area contributed by atoms with Crippen molar-refractivity contribution < 1.29 is 19.1 Å². The Labute approximate surface area is 169 Å². The summed E-state index contributed by atoms with van der Waals surface area (Å²) in [4.78, 5) is 36.3. The van der Waals surface area contributed by atoms with E-state index in [1.54, 1.807) is 6.07 Å². The number of nitrogens with zero attached hydrogens (tertiary/aromatic N) is 2. The van der Waals surface area contributed by atoms with E-state index >= 15 is 0 Å². The van der Waals surface area contributed by atoms with Crippen LogP contribution in [-0.4, -0.2) is 47.8 Å². The van der Waals surface area contributed by atoms with E-state index in [9.17, 15) is 14.4 Å². The zero-order chi connectivity index (χ0) is 21.4. The van der Waals surface area contributed by atoms with Crippen molar-refractivity contribution in [2.45, 2.75) is 40.2 Å². The molecule has 0 saturated heterocycles. The van der Waals surface area contributed by atoms with Crippen molar-refractivity contribution in [1.29, 1.82) is 0 Å². The summed E-state index contributed by atoms with van der Waals surface area (Å²) < 4.78 is 11.1. The van der Waals surface area contributed by atoms with Gasteiger partial charge in [0.05, 0.1) is 5.69 Å². The van der Waals surface area contributed by atoms with Gasteiger partial charge in [-0.3, -0.25) is 14.4 Å². The number of anilines is 1. The lowest BCUT2D eigenvalue weighted by atomic mass is 10.1. The van der Waals surface area contributed by atoms with E-state index in [2.05, 4.69) is 28.9 Å². The van der Waals surface area contributed by atoms with Gasteiger partial charge in [0.25, 0.3) is 5.56 Å². The van der Waals surface area contributed by atoms with Gasteiger partial charge in [0.1, 0.15) is 24.2 Å². The molecule has 0 fully saturated rings. The monoisotopic (exact) mass is 401 g/mol. The van der Waals surface area contributed by atoms with Gasteiger partial charge in [0.2, 0.25) is 0 Å². The molecule has 156 valence electrons. The van der Waals surface area contributed by atoms with Gasteiger partial charge >= 0.3 is 5.97 Å². The first kappa shape index (κ1) is 22.1. The van der Waals surface area contributed by atoms with E-state index in [1.165, 1.54) is 19.9 Å². The SMILES string of the molecule is CCN(CC)c1ccc(OCC(CC(C)=O)OC(C)=O)c(-c2ccc(=O)[nH]n2)c1. The van der Waals surface area contributed by atoms with Crippen LogP contribution in [0.2, 0.25) is 0 Å². The predicted molar refractivity (Wildman–Crippen MR) is 110 cm³/mol. The van der Waals surface area contributed by atoms with E-state index in [1.807, 2.05) is 18.2 Å². The Morgan fingerprint density at radius 2 is 1.86 bits per heavy atom. The van der Waals surface area contributed by atoms with Crippen LogP contribution in [0.15, 0.2) is 35.1 Å². The highest BCUT2D eigenvalue weighted by Gasteiger charge is 2.18. The fraction of sp³-hybridized carbons (Fsp3) is 0.429. The second-order valence-electron chi connectivity index (χ2n) is 6.61. The predicted octanol–water partition coefficient (Wildman–Crippen LogP) is 2.57. The van der Waals surface area contributed by atoms with Crippen LogP contribution in [0.5, 0.6) is 5.75 Å². The van der Waals surface area contributed by atoms with Gasteiger partial charge in [-0.1, -0.05) is 0 Å². The Morgan fingerprint density at radius 1 is 1.14 bits per heavy atom. The van der Waals surface area contributed by atoms with E-state index < -0.39 is 12.1 Å². The number of esters is 1. The van der Waals surface area contributed by atoms with Crippen molar-refractivity contribution >= 4 is 17.4 Å². The number of aromatic amines is 1. The Morgan fingerprint density at radius 3 is 2.41 bits per heavy atom. The van der Waals surface area contributed by atoms with Gasteiger partial charge in [-0.2, -0.15) is 5.10 Å². The van der Waals surface area contributed by atoms with Gasteiger partial charge in [0, 0.05) is 43.8 Å². The molecular formula is C21H27N3O5. The number of Topliss-reactive ketones (excluding diaryl/α,β-unsaturated/α-hetero) is 1. The average Bonchev–Trinajstić information content (AvgIpc) is 2.67. The van der Waals surface area contributed by atoms with E-state index in [-0.39, 0.29) is 24.4 Å². The van der Waals surface area contributed by atoms with Crippen LogP contribution in [0.3, 0.4) is 0 Å². The highest BCUT2D eigenvalue weighted by molar-refractivity contribution is 5.76. The Bertz CT molecular complexity index is 869. The smallest absolute Gasteiger partial charge is 0.303 e. The van der Waals surface area contributed by atoms with Crippen LogP contribution in [0, 0.1) is 0 Å². The van der Waals surface area contributed by atoms with Gasteiger partial charge in [-0.25, -0.2) is 5.10 Å². The molecule has 0 saturated carbocycles. The van der Waals surface area contributed by atoms with Crippen molar-refractivity contribution in [3.05, 3.63) is 40.7 Å². The number of H-pyrrole nitrogens is 1. The zero-order valence-corrected chi connectivity index (χ0v) is 17.2. The third-order valence-electron chi connectivity index (χ3n) is 4.32. The molecule has 1 atom stereocenters. The second kappa shape index (κ2) is 10.4. The first-order valence-electron chi connectivity index (χ1n) is 9.58. The normalized spacial score (nSPS) is 11.6. The lowest BCUT2D eigenvalue weighted by Crippen LogP contribution is -2.26. The average molecular weight is 401 g/mol. The summed E-state index contributed by atoms with van der Waals surface area (Å²) in [5, 5.41) is 6.54. The maximum Gasteiger partial charge on any atom is 0.303 e. The summed E-state index contributed by atoms with van der Waals surface area (Å²) in [5.41, 5.74) is 1.93. The Balaban J connectivity index is 2.36. The summed E-state index contributed by atoms with van der Waals surface area (Å²) in [6.07, 6.45) is -0.604. The van der Waals surface area contributed by atoms with Crippen LogP contribution in [0.4, 0.5) is 5.69 Å². The van der Waals surface area contributed by atoms with Crippen molar-refractivity contribution in [1.82, 2.24) is 10.2 Å². The maximum absolute atomic E-state index is 11.5. The number of hydrogen-bond acceptors (Lipinski definition) is 7. The van der Waals surface area contributed by atoms with Crippen molar-refractivity contribution in [3.8, 4) is 17.0 Å². The van der Waals surface area contributed by atoms with Crippen LogP contribution < -0.4 is 15.2 Å². The molecule has 1 unspecified atom stereocenters. The molecule has 1 aromatic carbocycles. The van der Waals surface area contributed by atoms with Crippen molar-refractivity contribution in [2.24, 2.45) is 0 Å². The molecule has 0 aliphatic rings. The molecule has 0 aliphatic carbocycles. The molecule has 0 radical (unpaired) electrons. The summed E-state index contributed by atoms with van der Waals surface area (Å²) in [6, 6.07) is 8.70. The summed E-state index contributed by atoms with van der Waals surface area (Å²) in [6.45, 7) is 8.56. The number of carbonyl (C=O) groups is 2. The fourth-order valence-corrected chi connectivity index (χ4v) is 3.00. The molecule has 1 N–H and O–H groups in total. The third-order valence-corrected chi connectivity index (χ3v) is 4.32. The minimum absolute atomic E-state index is 0.0279. The number of ether oxygens (including phenoxy) is 2. The van der Waals surface area contributed by atoms with Gasteiger partial charge in [-0.05, 0) is 45.0 Å². The summed E-state index contributed by atoms with van der Waals surface area (Å²) in [7, 11) is 0. The first-order valence-corrected chi connectivity index (χ1v) is 9.58. The highest BCUT2D eigenvalue weighted by atomic mass is 16.6. The quantitative estimate of drug-likeness (QED) is 0.611. The molecule has 1 aromatic heterocycles. The topological polar surface area (TPSA) is 102 Å². The third kappa shape index (κ3) is 6.44. The molecule has 0 amide bonds. The summed E-state index contributed by atoms with van der Waals surface area (Å²) in [5.74, 6) is -0.0559. The van der Waals surface area contributed by atoms with E-state index in [4.69, 9.17) is 9.47 Å². The van der Waals surface area contributed by atoms with E-state index in [0.29, 0.717) is 17.0 Å². The van der Waals surface area contributed by atoms with Gasteiger partial charge in [0.15, 0.2) is 0 Å². The molecular weight excluding hydrogens is 374 g/mol. The Hall–Kier alpha value is -3.16.